The maximum absolute atomic E-state index is 11.7. The van der Waals surface area contributed by atoms with Gasteiger partial charge in [0.05, 0.1) is 11.5 Å². The highest BCUT2D eigenvalue weighted by atomic mass is 16.5. The van der Waals surface area contributed by atoms with Crippen molar-refractivity contribution in [2.24, 2.45) is 5.73 Å². The third kappa shape index (κ3) is 3.78. The fourth-order valence-corrected chi connectivity index (χ4v) is 1.57. The molecule has 0 aliphatic rings. The predicted molar refractivity (Wildman–Crippen MR) is 73.6 cm³/mol. The highest BCUT2D eigenvalue weighted by Crippen LogP contribution is 2.23. The van der Waals surface area contributed by atoms with Crippen LogP contribution in [-0.2, 0) is 14.9 Å². The van der Waals surface area contributed by atoms with Gasteiger partial charge in [-0.25, -0.2) is 0 Å². The van der Waals surface area contributed by atoms with Gasteiger partial charge in [-0.2, -0.15) is 5.26 Å². The van der Waals surface area contributed by atoms with Crippen LogP contribution in [0.4, 0.5) is 5.69 Å². The fourth-order valence-electron chi connectivity index (χ4n) is 1.57. The molecular weight excluding hydrogens is 242 g/mol. The predicted octanol–water partition coefficient (Wildman–Crippen LogP) is 1.40. The third-order valence-corrected chi connectivity index (χ3v) is 2.94. The van der Waals surface area contributed by atoms with Gasteiger partial charge in [0.15, 0.2) is 0 Å². The van der Waals surface area contributed by atoms with E-state index in [9.17, 15) is 4.79 Å². The Bertz CT molecular complexity index is 470. The number of ether oxygens (including phenoxy) is 1. The van der Waals surface area contributed by atoms with Gasteiger partial charge in [-0.15, -0.1) is 0 Å². The topological polar surface area (TPSA) is 88.1 Å². The summed E-state index contributed by atoms with van der Waals surface area (Å²) in [5.41, 5.74) is 6.42. The van der Waals surface area contributed by atoms with E-state index in [1.807, 2.05) is 26.0 Å². The van der Waals surface area contributed by atoms with E-state index in [1.165, 1.54) is 7.11 Å². The van der Waals surface area contributed by atoms with Crippen molar-refractivity contribution in [1.29, 1.82) is 5.26 Å². The summed E-state index contributed by atoms with van der Waals surface area (Å²) in [5.74, 6) is -0.280. The second-order valence-corrected chi connectivity index (χ2v) is 4.76. The Morgan fingerprint density at radius 2 is 2.05 bits per heavy atom. The Morgan fingerprint density at radius 3 is 2.47 bits per heavy atom. The zero-order chi connectivity index (χ0) is 14.5. The normalized spacial score (nSPS) is 12.6. The van der Waals surface area contributed by atoms with Gasteiger partial charge in [-0.3, -0.25) is 4.79 Å². The molecular formula is C14H19N3O2. The second-order valence-electron chi connectivity index (χ2n) is 4.76. The number of nitrogens with zero attached hydrogens (tertiary/aromatic N) is 1. The molecule has 1 aromatic rings. The van der Waals surface area contributed by atoms with E-state index in [2.05, 4.69) is 11.4 Å². The lowest BCUT2D eigenvalue weighted by atomic mass is 9.86. The Morgan fingerprint density at radius 1 is 1.47 bits per heavy atom. The number of amides is 1. The number of nitriles is 1. The lowest BCUT2D eigenvalue weighted by Gasteiger charge is -2.17. The van der Waals surface area contributed by atoms with Gasteiger partial charge in [0.25, 0.3) is 5.91 Å². The van der Waals surface area contributed by atoms with Crippen LogP contribution in [0.5, 0.6) is 0 Å². The molecule has 1 amide bonds. The van der Waals surface area contributed by atoms with E-state index in [0.29, 0.717) is 5.69 Å². The SMILES string of the molecule is COC(CN)C(=O)Nc1ccc(C(C)(C)C#N)cc1. The lowest BCUT2D eigenvalue weighted by molar-refractivity contribution is -0.125. The van der Waals surface area contributed by atoms with Gasteiger partial charge in [0.1, 0.15) is 6.10 Å². The smallest absolute Gasteiger partial charge is 0.254 e. The van der Waals surface area contributed by atoms with Gasteiger partial charge in [-0.1, -0.05) is 12.1 Å². The number of carbonyl (C=O) groups excluding carboxylic acids is 1. The zero-order valence-electron chi connectivity index (χ0n) is 11.4. The number of nitrogens with two attached hydrogens (primary N) is 1. The number of methoxy groups -OCH3 is 1. The molecule has 1 aromatic carbocycles. The molecule has 0 fully saturated rings. The van der Waals surface area contributed by atoms with Crippen LogP contribution < -0.4 is 11.1 Å². The van der Waals surface area contributed by atoms with Gasteiger partial charge in [-0.05, 0) is 31.5 Å². The van der Waals surface area contributed by atoms with Gasteiger partial charge >= 0.3 is 0 Å². The molecule has 19 heavy (non-hydrogen) atoms. The minimum absolute atomic E-state index is 0.127. The minimum Gasteiger partial charge on any atom is -0.370 e. The molecule has 0 bridgehead atoms. The minimum atomic E-state index is -0.657. The summed E-state index contributed by atoms with van der Waals surface area (Å²) >= 11 is 0. The van der Waals surface area contributed by atoms with Crippen LogP contribution in [0.1, 0.15) is 19.4 Å². The second kappa shape index (κ2) is 6.32. The quantitative estimate of drug-likeness (QED) is 0.838. The number of nitrogens with one attached hydrogen (secondary N) is 1. The van der Waals surface area contributed by atoms with Crippen molar-refractivity contribution in [2.45, 2.75) is 25.4 Å². The summed E-state index contributed by atoms with van der Waals surface area (Å²) in [6.07, 6.45) is -0.657. The van der Waals surface area contributed by atoms with Crippen LogP contribution in [0, 0.1) is 11.3 Å². The molecule has 0 aromatic heterocycles. The van der Waals surface area contributed by atoms with Crippen LogP contribution in [0.3, 0.4) is 0 Å². The molecule has 0 saturated heterocycles. The molecule has 0 aliphatic heterocycles. The first-order chi connectivity index (χ1) is 8.94. The number of anilines is 1. The summed E-state index contributed by atoms with van der Waals surface area (Å²) in [6.45, 7) is 3.81. The number of rotatable bonds is 5. The van der Waals surface area contributed by atoms with Crippen LogP contribution in [0.25, 0.3) is 0 Å². The van der Waals surface area contributed by atoms with Crippen LogP contribution in [0.2, 0.25) is 0 Å². The molecule has 1 rings (SSSR count). The Hall–Kier alpha value is -1.90. The average molecular weight is 261 g/mol. The van der Waals surface area contributed by atoms with Gasteiger partial charge in [0, 0.05) is 19.3 Å². The summed E-state index contributed by atoms with van der Waals surface area (Å²) < 4.78 is 4.95. The molecule has 102 valence electrons. The molecule has 0 aliphatic carbocycles. The van der Waals surface area contributed by atoms with Crippen LogP contribution in [0.15, 0.2) is 24.3 Å². The molecule has 1 atom stereocenters. The van der Waals surface area contributed by atoms with Crippen molar-refractivity contribution in [1.82, 2.24) is 0 Å². The van der Waals surface area contributed by atoms with Crippen molar-refractivity contribution in [3.63, 3.8) is 0 Å². The average Bonchev–Trinajstić information content (AvgIpc) is 2.40. The summed E-state index contributed by atoms with van der Waals surface area (Å²) in [7, 11) is 1.44. The highest BCUT2D eigenvalue weighted by molar-refractivity contribution is 5.94. The summed E-state index contributed by atoms with van der Waals surface area (Å²) in [4.78, 5) is 11.7. The maximum Gasteiger partial charge on any atom is 0.254 e. The van der Waals surface area contributed by atoms with E-state index in [0.717, 1.165) is 5.56 Å². The van der Waals surface area contributed by atoms with Crippen molar-refractivity contribution < 1.29 is 9.53 Å². The van der Waals surface area contributed by atoms with Crippen molar-refractivity contribution in [2.75, 3.05) is 19.0 Å². The van der Waals surface area contributed by atoms with E-state index >= 15 is 0 Å². The molecule has 1 unspecified atom stereocenters. The fraction of sp³-hybridized carbons (Fsp3) is 0.429. The Balaban J connectivity index is 2.79. The summed E-state index contributed by atoms with van der Waals surface area (Å²) in [5, 5.41) is 11.8. The molecule has 0 spiro atoms. The molecule has 0 heterocycles. The number of benzene rings is 1. The largest absolute Gasteiger partial charge is 0.370 e. The Kier molecular flexibility index (Phi) is 5.04. The van der Waals surface area contributed by atoms with E-state index in [4.69, 9.17) is 15.7 Å². The van der Waals surface area contributed by atoms with E-state index in [-0.39, 0.29) is 12.5 Å². The first-order valence-electron chi connectivity index (χ1n) is 6.00. The number of hydrogen-bond acceptors (Lipinski definition) is 4. The first-order valence-corrected chi connectivity index (χ1v) is 6.00. The van der Waals surface area contributed by atoms with Crippen LogP contribution in [-0.4, -0.2) is 25.7 Å². The molecule has 5 nitrogen and oxygen atoms in total. The molecule has 3 N–H and O–H groups in total. The number of hydrogen-bond donors (Lipinski definition) is 2. The lowest BCUT2D eigenvalue weighted by Crippen LogP contribution is -2.35. The standard InChI is InChI=1S/C14H19N3O2/c1-14(2,9-16)10-4-6-11(7-5-10)17-13(18)12(8-15)19-3/h4-7,12H,8,15H2,1-3H3,(H,17,18). The maximum atomic E-state index is 11.7. The first kappa shape index (κ1) is 15.2. The third-order valence-electron chi connectivity index (χ3n) is 2.94. The molecule has 0 radical (unpaired) electrons. The highest BCUT2D eigenvalue weighted by Gasteiger charge is 2.20. The zero-order valence-corrected chi connectivity index (χ0v) is 11.4. The summed E-state index contributed by atoms with van der Waals surface area (Å²) in [6, 6.07) is 9.39. The van der Waals surface area contributed by atoms with Crippen molar-refractivity contribution in [3.05, 3.63) is 29.8 Å². The monoisotopic (exact) mass is 261 g/mol. The molecule has 0 saturated carbocycles. The van der Waals surface area contributed by atoms with E-state index < -0.39 is 11.5 Å². The van der Waals surface area contributed by atoms with E-state index in [1.54, 1.807) is 12.1 Å². The van der Waals surface area contributed by atoms with Crippen molar-refractivity contribution >= 4 is 11.6 Å². The van der Waals surface area contributed by atoms with Crippen LogP contribution >= 0.6 is 0 Å². The number of carbonyl (C=O) groups is 1. The van der Waals surface area contributed by atoms with Crippen molar-refractivity contribution in [3.8, 4) is 6.07 Å². The van der Waals surface area contributed by atoms with Gasteiger partial charge in [0.2, 0.25) is 0 Å². The molecule has 5 heteroatoms. The van der Waals surface area contributed by atoms with Gasteiger partial charge < -0.3 is 15.8 Å². The Labute approximate surface area is 113 Å².